The van der Waals surface area contributed by atoms with Crippen molar-refractivity contribution in [1.82, 2.24) is 9.88 Å². The number of aromatic nitrogens is 1. The Morgan fingerprint density at radius 1 is 1.32 bits per heavy atom. The fourth-order valence-electron chi connectivity index (χ4n) is 1.72. The Morgan fingerprint density at radius 2 is 2.05 bits per heavy atom. The van der Waals surface area contributed by atoms with E-state index in [1.807, 2.05) is 17.2 Å². The molecule has 5 nitrogen and oxygen atoms in total. The van der Waals surface area contributed by atoms with Gasteiger partial charge in [-0.2, -0.15) is 0 Å². The Balaban J connectivity index is 2.49. The lowest BCUT2D eigenvalue weighted by atomic mass is 10.2. The molecule has 1 aromatic rings. The minimum Gasteiger partial charge on any atom is -0.385 e. The Morgan fingerprint density at radius 3 is 2.63 bits per heavy atom. The van der Waals surface area contributed by atoms with Crippen LogP contribution in [-0.2, 0) is 20.7 Å². The van der Waals surface area contributed by atoms with Gasteiger partial charge < -0.3 is 14.4 Å². The highest BCUT2D eigenvalue weighted by Crippen LogP contribution is 2.10. The average Bonchev–Trinajstić information content (AvgIpc) is 2.79. The van der Waals surface area contributed by atoms with Gasteiger partial charge in [-0.05, 0) is 13.3 Å². The summed E-state index contributed by atoms with van der Waals surface area (Å²) in [7, 11) is 3.31. The molecule has 0 saturated carbocycles. The summed E-state index contributed by atoms with van der Waals surface area (Å²) in [5.41, 5.74) is 0.849. The standard InChI is InChI=1S/C13H22N2O3S/c1-11-14-12(10-19-11)9-13(16)15(6-8-18-3)5-4-7-17-2/h10H,4-9H2,1-3H3. The van der Waals surface area contributed by atoms with E-state index < -0.39 is 0 Å². The number of aryl methyl sites for hydroxylation is 1. The molecule has 0 aliphatic rings. The summed E-state index contributed by atoms with van der Waals surface area (Å²) in [6.45, 7) is 4.46. The maximum absolute atomic E-state index is 12.2. The van der Waals surface area contributed by atoms with Gasteiger partial charge in [-0.25, -0.2) is 4.98 Å². The van der Waals surface area contributed by atoms with E-state index in [1.54, 1.807) is 25.6 Å². The molecule has 1 aromatic heterocycles. The molecule has 0 aliphatic carbocycles. The predicted octanol–water partition coefficient (Wildman–Crippen LogP) is 1.51. The minimum absolute atomic E-state index is 0.0958. The highest BCUT2D eigenvalue weighted by molar-refractivity contribution is 7.09. The molecule has 0 aromatic carbocycles. The van der Waals surface area contributed by atoms with Crippen molar-refractivity contribution in [2.24, 2.45) is 0 Å². The molecule has 1 heterocycles. The third-order valence-electron chi connectivity index (χ3n) is 2.69. The van der Waals surface area contributed by atoms with Gasteiger partial charge in [0.2, 0.25) is 5.91 Å². The summed E-state index contributed by atoms with van der Waals surface area (Å²) in [5, 5.41) is 2.93. The fourth-order valence-corrected chi connectivity index (χ4v) is 2.33. The van der Waals surface area contributed by atoms with E-state index in [0.29, 0.717) is 32.7 Å². The Labute approximate surface area is 118 Å². The summed E-state index contributed by atoms with van der Waals surface area (Å²) < 4.78 is 10.1. The number of hydrogen-bond acceptors (Lipinski definition) is 5. The Bertz CT molecular complexity index is 382. The number of methoxy groups -OCH3 is 2. The van der Waals surface area contributed by atoms with Crippen LogP contribution in [0.5, 0.6) is 0 Å². The molecular formula is C13H22N2O3S. The smallest absolute Gasteiger partial charge is 0.228 e. The second-order valence-corrected chi connectivity index (χ2v) is 5.32. The first kappa shape index (κ1) is 16.1. The second-order valence-electron chi connectivity index (χ2n) is 4.25. The molecule has 0 radical (unpaired) electrons. The van der Waals surface area contributed by atoms with Crippen molar-refractivity contribution in [3.05, 3.63) is 16.1 Å². The van der Waals surface area contributed by atoms with Crippen LogP contribution >= 0.6 is 11.3 Å². The van der Waals surface area contributed by atoms with Gasteiger partial charge in [-0.1, -0.05) is 0 Å². The van der Waals surface area contributed by atoms with E-state index >= 15 is 0 Å². The lowest BCUT2D eigenvalue weighted by Crippen LogP contribution is -2.36. The Hall–Kier alpha value is -0.980. The first-order valence-corrected chi connectivity index (χ1v) is 7.22. The average molecular weight is 286 g/mol. The number of thiazole rings is 1. The van der Waals surface area contributed by atoms with Crippen LogP contribution in [-0.4, -0.2) is 56.3 Å². The lowest BCUT2D eigenvalue weighted by Gasteiger charge is -2.22. The van der Waals surface area contributed by atoms with Crippen molar-refractivity contribution < 1.29 is 14.3 Å². The number of ether oxygens (including phenoxy) is 2. The van der Waals surface area contributed by atoms with Gasteiger partial charge in [0.15, 0.2) is 0 Å². The van der Waals surface area contributed by atoms with Crippen molar-refractivity contribution in [2.45, 2.75) is 19.8 Å². The molecule has 0 aliphatic heterocycles. The van der Waals surface area contributed by atoms with Crippen LogP contribution in [0, 0.1) is 6.92 Å². The van der Waals surface area contributed by atoms with Crippen LogP contribution in [0.1, 0.15) is 17.1 Å². The number of amides is 1. The predicted molar refractivity (Wildman–Crippen MR) is 75.5 cm³/mol. The molecule has 0 unspecified atom stereocenters. The topological polar surface area (TPSA) is 51.7 Å². The maximum Gasteiger partial charge on any atom is 0.228 e. The summed E-state index contributed by atoms with van der Waals surface area (Å²) in [6, 6.07) is 0. The van der Waals surface area contributed by atoms with Gasteiger partial charge in [0.1, 0.15) is 0 Å². The third-order valence-corrected chi connectivity index (χ3v) is 3.52. The molecule has 0 atom stereocenters. The van der Waals surface area contributed by atoms with Crippen LogP contribution in [0.3, 0.4) is 0 Å². The van der Waals surface area contributed by atoms with Gasteiger partial charge in [-0.15, -0.1) is 11.3 Å². The minimum atomic E-state index is 0.0958. The molecule has 0 saturated heterocycles. The van der Waals surface area contributed by atoms with Crippen molar-refractivity contribution in [2.75, 3.05) is 40.5 Å². The molecule has 0 bridgehead atoms. The lowest BCUT2D eigenvalue weighted by molar-refractivity contribution is -0.131. The molecule has 0 spiro atoms. The van der Waals surface area contributed by atoms with Gasteiger partial charge in [0.05, 0.1) is 23.7 Å². The van der Waals surface area contributed by atoms with Crippen molar-refractivity contribution in [1.29, 1.82) is 0 Å². The fraction of sp³-hybridized carbons (Fsp3) is 0.692. The monoisotopic (exact) mass is 286 g/mol. The van der Waals surface area contributed by atoms with Crippen LogP contribution in [0.4, 0.5) is 0 Å². The molecule has 1 rings (SSSR count). The van der Waals surface area contributed by atoms with Crippen LogP contribution in [0.25, 0.3) is 0 Å². The van der Waals surface area contributed by atoms with Crippen LogP contribution in [0.15, 0.2) is 5.38 Å². The molecular weight excluding hydrogens is 264 g/mol. The molecule has 0 N–H and O–H groups in total. The first-order chi connectivity index (χ1) is 9.17. The Kier molecular flexibility index (Phi) is 7.62. The zero-order valence-corrected chi connectivity index (χ0v) is 12.7. The van der Waals surface area contributed by atoms with E-state index in [1.165, 1.54) is 0 Å². The molecule has 108 valence electrons. The van der Waals surface area contributed by atoms with Gasteiger partial charge in [0.25, 0.3) is 0 Å². The number of carbonyl (C=O) groups excluding carboxylic acids is 1. The zero-order valence-electron chi connectivity index (χ0n) is 11.8. The molecule has 1 amide bonds. The van der Waals surface area contributed by atoms with E-state index in [9.17, 15) is 4.79 Å². The maximum atomic E-state index is 12.2. The summed E-state index contributed by atoms with van der Waals surface area (Å²) in [6.07, 6.45) is 1.20. The summed E-state index contributed by atoms with van der Waals surface area (Å²) in [5.74, 6) is 0.0958. The van der Waals surface area contributed by atoms with Crippen LogP contribution in [0.2, 0.25) is 0 Å². The number of nitrogens with zero attached hydrogens (tertiary/aromatic N) is 2. The SMILES string of the molecule is COCCCN(CCOC)C(=O)Cc1csc(C)n1. The largest absolute Gasteiger partial charge is 0.385 e. The van der Waals surface area contributed by atoms with Crippen molar-refractivity contribution in [3.8, 4) is 0 Å². The molecule has 6 heteroatoms. The number of carbonyl (C=O) groups is 1. The third kappa shape index (κ3) is 6.13. The van der Waals surface area contributed by atoms with E-state index in [-0.39, 0.29) is 5.91 Å². The van der Waals surface area contributed by atoms with Crippen LogP contribution < -0.4 is 0 Å². The first-order valence-electron chi connectivity index (χ1n) is 6.34. The zero-order chi connectivity index (χ0) is 14.1. The second kappa shape index (κ2) is 9.01. The summed E-state index contributed by atoms with van der Waals surface area (Å²) >= 11 is 1.57. The van der Waals surface area contributed by atoms with E-state index in [0.717, 1.165) is 17.1 Å². The molecule has 19 heavy (non-hydrogen) atoms. The van der Waals surface area contributed by atoms with Gasteiger partial charge >= 0.3 is 0 Å². The van der Waals surface area contributed by atoms with E-state index in [4.69, 9.17) is 9.47 Å². The van der Waals surface area contributed by atoms with E-state index in [2.05, 4.69) is 4.98 Å². The van der Waals surface area contributed by atoms with Gasteiger partial charge in [0, 0.05) is 39.3 Å². The quantitative estimate of drug-likeness (QED) is 0.646. The molecule has 0 fully saturated rings. The van der Waals surface area contributed by atoms with Gasteiger partial charge in [-0.3, -0.25) is 4.79 Å². The number of rotatable bonds is 9. The highest BCUT2D eigenvalue weighted by Gasteiger charge is 2.14. The van der Waals surface area contributed by atoms with Crippen molar-refractivity contribution >= 4 is 17.2 Å². The number of hydrogen-bond donors (Lipinski definition) is 0. The van der Waals surface area contributed by atoms with Crippen molar-refractivity contribution in [3.63, 3.8) is 0 Å². The summed E-state index contributed by atoms with van der Waals surface area (Å²) in [4.78, 5) is 18.4. The highest BCUT2D eigenvalue weighted by atomic mass is 32.1. The normalized spacial score (nSPS) is 10.7.